The van der Waals surface area contributed by atoms with Crippen LogP contribution in [0.25, 0.3) is 6.08 Å². The molecule has 144 valence electrons. The van der Waals surface area contributed by atoms with Gasteiger partial charge in [-0.15, -0.1) is 0 Å². The van der Waals surface area contributed by atoms with Gasteiger partial charge in [0.25, 0.3) is 11.1 Å². The Morgan fingerprint density at radius 3 is 2.54 bits per heavy atom. The molecule has 0 aromatic heterocycles. The van der Waals surface area contributed by atoms with Gasteiger partial charge in [-0.1, -0.05) is 64.5 Å². The number of nitrogens with zero attached hydrogens (tertiary/aromatic N) is 1. The van der Waals surface area contributed by atoms with Crippen LogP contribution >= 0.6 is 27.7 Å². The topological polar surface area (TPSA) is 66.5 Å². The van der Waals surface area contributed by atoms with Crippen LogP contribution in [-0.4, -0.2) is 35.0 Å². The van der Waals surface area contributed by atoms with Gasteiger partial charge in [0, 0.05) is 24.0 Å². The van der Waals surface area contributed by atoms with E-state index in [2.05, 4.69) is 21.2 Å². The number of thioether (sulfide) groups is 1. The molecule has 0 saturated carbocycles. The fourth-order valence-corrected chi connectivity index (χ4v) is 4.09. The molecule has 5 nitrogen and oxygen atoms in total. The highest BCUT2D eigenvalue weighted by Gasteiger charge is 2.34. The van der Waals surface area contributed by atoms with Crippen LogP contribution in [0.3, 0.4) is 0 Å². The van der Waals surface area contributed by atoms with Gasteiger partial charge in [0.15, 0.2) is 0 Å². The molecule has 0 atom stereocenters. The summed E-state index contributed by atoms with van der Waals surface area (Å²) in [7, 11) is 0. The van der Waals surface area contributed by atoms with Crippen molar-refractivity contribution in [3.63, 3.8) is 0 Å². The Morgan fingerprint density at radius 1 is 1.07 bits per heavy atom. The summed E-state index contributed by atoms with van der Waals surface area (Å²) < 4.78 is 0.978. The highest BCUT2D eigenvalue weighted by atomic mass is 79.9. The fourth-order valence-electron chi connectivity index (χ4n) is 2.74. The third-order valence-electron chi connectivity index (χ3n) is 4.21. The zero-order chi connectivity index (χ0) is 19.9. The van der Waals surface area contributed by atoms with Crippen LogP contribution in [0.2, 0.25) is 0 Å². The summed E-state index contributed by atoms with van der Waals surface area (Å²) >= 11 is 4.39. The van der Waals surface area contributed by atoms with E-state index in [1.807, 2.05) is 54.6 Å². The molecule has 3 rings (SSSR count). The summed E-state index contributed by atoms with van der Waals surface area (Å²) in [4.78, 5) is 38.2. The van der Waals surface area contributed by atoms with Gasteiger partial charge >= 0.3 is 0 Å². The lowest BCUT2D eigenvalue weighted by atomic mass is 10.1. The molecule has 2 aromatic rings. The number of hydrogen-bond donors (Lipinski definition) is 1. The van der Waals surface area contributed by atoms with E-state index >= 15 is 0 Å². The molecular formula is C21H19BrN2O3S. The molecule has 1 aliphatic rings. The number of imide groups is 1. The van der Waals surface area contributed by atoms with E-state index in [9.17, 15) is 14.4 Å². The number of aryl methyl sites for hydroxylation is 1. The molecule has 0 bridgehead atoms. The van der Waals surface area contributed by atoms with Gasteiger partial charge in [-0.25, -0.2) is 0 Å². The number of nitrogens with one attached hydrogen (secondary N) is 1. The Bertz CT molecular complexity index is 915. The predicted molar refractivity (Wildman–Crippen MR) is 115 cm³/mol. The molecule has 0 aliphatic carbocycles. The first-order valence-corrected chi connectivity index (χ1v) is 10.5. The maximum atomic E-state index is 12.4. The molecule has 1 saturated heterocycles. The van der Waals surface area contributed by atoms with Crippen molar-refractivity contribution >= 4 is 50.8 Å². The molecular weight excluding hydrogens is 440 g/mol. The van der Waals surface area contributed by atoms with Crippen molar-refractivity contribution in [1.29, 1.82) is 0 Å². The highest BCUT2D eigenvalue weighted by Crippen LogP contribution is 2.31. The van der Waals surface area contributed by atoms with Crippen molar-refractivity contribution in [2.24, 2.45) is 0 Å². The van der Waals surface area contributed by atoms with Gasteiger partial charge in [-0.3, -0.25) is 19.3 Å². The summed E-state index contributed by atoms with van der Waals surface area (Å²) in [6.07, 6.45) is 2.67. The van der Waals surface area contributed by atoms with Crippen molar-refractivity contribution in [3.8, 4) is 0 Å². The van der Waals surface area contributed by atoms with E-state index in [0.29, 0.717) is 17.7 Å². The smallest absolute Gasteiger partial charge is 0.293 e. The first kappa shape index (κ1) is 20.4. The van der Waals surface area contributed by atoms with Crippen LogP contribution in [0, 0.1) is 0 Å². The predicted octanol–water partition coefficient (Wildman–Crippen LogP) is 4.23. The van der Waals surface area contributed by atoms with Crippen molar-refractivity contribution < 1.29 is 14.4 Å². The molecule has 1 heterocycles. The van der Waals surface area contributed by atoms with Crippen molar-refractivity contribution in [2.45, 2.75) is 12.8 Å². The zero-order valence-electron chi connectivity index (χ0n) is 15.1. The van der Waals surface area contributed by atoms with Gasteiger partial charge in [0.2, 0.25) is 5.91 Å². The third kappa shape index (κ3) is 5.33. The van der Waals surface area contributed by atoms with Gasteiger partial charge in [-0.05, 0) is 41.5 Å². The molecule has 3 amide bonds. The Hall–Kier alpha value is -2.38. The lowest BCUT2D eigenvalue weighted by molar-refractivity contribution is -0.124. The fraction of sp³-hybridized carbons (Fsp3) is 0.190. The zero-order valence-corrected chi connectivity index (χ0v) is 17.5. The summed E-state index contributed by atoms with van der Waals surface area (Å²) in [6.45, 7) is 0.406. The van der Waals surface area contributed by atoms with E-state index in [1.54, 1.807) is 6.08 Å². The third-order valence-corrected chi connectivity index (χ3v) is 5.89. The van der Waals surface area contributed by atoms with Crippen molar-refractivity contribution in [2.75, 3.05) is 13.1 Å². The Labute approximate surface area is 176 Å². The van der Waals surface area contributed by atoms with E-state index in [1.165, 1.54) is 4.90 Å². The second-order valence-electron chi connectivity index (χ2n) is 6.19. The summed E-state index contributed by atoms with van der Waals surface area (Å²) in [5.74, 6) is -0.427. The summed E-state index contributed by atoms with van der Waals surface area (Å²) in [5, 5.41) is 2.47. The van der Waals surface area contributed by atoms with Crippen LogP contribution < -0.4 is 5.32 Å². The van der Waals surface area contributed by atoms with Gasteiger partial charge in [-0.2, -0.15) is 0 Å². The van der Waals surface area contributed by atoms with E-state index in [-0.39, 0.29) is 30.1 Å². The maximum Gasteiger partial charge on any atom is 0.293 e. The summed E-state index contributed by atoms with van der Waals surface area (Å²) in [5.41, 5.74) is 1.93. The lowest BCUT2D eigenvalue weighted by Crippen LogP contribution is -2.37. The molecule has 2 aromatic carbocycles. The highest BCUT2D eigenvalue weighted by molar-refractivity contribution is 9.10. The van der Waals surface area contributed by atoms with Crippen molar-refractivity contribution in [3.05, 3.63) is 75.1 Å². The number of rotatable bonds is 7. The van der Waals surface area contributed by atoms with Crippen LogP contribution in [0.15, 0.2) is 64.0 Å². The van der Waals surface area contributed by atoms with Crippen molar-refractivity contribution in [1.82, 2.24) is 10.2 Å². The quantitative estimate of drug-likeness (QED) is 0.630. The first-order chi connectivity index (χ1) is 13.5. The molecule has 0 radical (unpaired) electrons. The minimum absolute atomic E-state index is 0.109. The second-order valence-corrected chi connectivity index (χ2v) is 8.03. The maximum absolute atomic E-state index is 12.4. The second kappa shape index (κ2) is 9.71. The minimum atomic E-state index is -0.318. The number of amides is 3. The largest absolute Gasteiger partial charge is 0.354 e. The number of hydrogen-bond acceptors (Lipinski definition) is 4. The number of carbonyl (C=O) groups excluding carboxylic acids is 3. The van der Waals surface area contributed by atoms with E-state index < -0.39 is 0 Å². The molecule has 7 heteroatoms. The van der Waals surface area contributed by atoms with Gasteiger partial charge in [0.05, 0.1) is 4.91 Å². The van der Waals surface area contributed by atoms with Crippen LogP contribution in [0.1, 0.15) is 17.5 Å². The number of carbonyl (C=O) groups is 3. The monoisotopic (exact) mass is 458 g/mol. The summed E-state index contributed by atoms with van der Waals surface area (Å²) in [6, 6.07) is 17.2. The van der Waals surface area contributed by atoms with Crippen LogP contribution in [0.5, 0.6) is 0 Å². The number of benzene rings is 2. The standard InChI is InChI=1S/C21H19BrN2O3S/c22-17-9-5-4-8-16(17)10-11-19(25)23-12-13-24-20(26)18(28-21(24)27)14-15-6-2-1-3-7-15/h1-9,14H,10-13H2,(H,23,25)/b18-14-. The molecule has 0 unspecified atom stereocenters. The molecule has 1 fully saturated rings. The molecule has 1 aliphatic heterocycles. The van der Waals surface area contributed by atoms with Gasteiger partial charge < -0.3 is 5.32 Å². The average Bonchev–Trinajstić information content (AvgIpc) is 2.95. The molecule has 28 heavy (non-hydrogen) atoms. The van der Waals surface area contributed by atoms with Crippen LogP contribution in [0.4, 0.5) is 4.79 Å². The Kier molecular flexibility index (Phi) is 7.06. The minimum Gasteiger partial charge on any atom is -0.354 e. The number of halogens is 1. The van der Waals surface area contributed by atoms with Gasteiger partial charge in [0.1, 0.15) is 0 Å². The SMILES string of the molecule is O=C(CCc1ccccc1Br)NCCN1C(=O)S/C(=C\c2ccccc2)C1=O. The first-order valence-electron chi connectivity index (χ1n) is 8.85. The lowest BCUT2D eigenvalue weighted by Gasteiger charge is -2.13. The normalized spacial score (nSPS) is 15.3. The van der Waals surface area contributed by atoms with Crippen LogP contribution in [-0.2, 0) is 16.0 Å². The Balaban J connectivity index is 1.47. The molecule has 0 spiro atoms. The van der Waals surface area contributed by atoms with E-state index in [4.69, 9.17) is 0 Å². The van der Waals surface area contributed by atoms with E-state index in [0.717, 1.165) is 27.4 Å². The Morgan fingerprint density at radius 2 is 1.79 bits per heavy atom. The average molecular weight is 459 g/mol. The molecule has 1 N–H and O–H groups in total.